The van der Waals surface area contributed by atoms with Gasteiger partial charge in [-0.2, -0.15) is 4.40 Å². The van der Waals surface area contributed by atoms with E-state index in [2.05, 4.69) is 38.3 Å². The zero-order valence-electron chi connectivity index (χ0n) is 21.2. The molecule has 0 N–H and O–H groups in total. The van der Waals surface area contributed by atoms with Crippen molar-refractivity contribution in [2.45, 2.75) is 77.6 Å². The second-order valence-electron chi connectivity index (χ2n) is 10.6. The van der Waals surface area contributed by atoms with Gasteiger partial charge in [-0.25, -0.2) is 4.21 Å². The first-order valence-corrected chi connectivity index (χ1v) is 15.2. The van der Waals surface area contributed by atoms with Gasteiger partial charge in [0.05, 0.1) is 29.5 Å². The van der Waals surface area contributed by atoms with Crippen molar-refractivity contribution < 1.29 is 13.4 Å². The molecular formula is C25H38N2O4SSi. The molecule has 0 saturated heterocycles. The predicted molar refractivity (Wildman–Crippen MR) is 140 cm³/mol. The van der Waals surface area contributed by atoms with Crippen molar-refractivity contribution in [2.24, 2.45) is 4.40 Å². The number of ether oxygens (including phenoxy) is 1. The summed E-state index contributed by atoms with van der Waals surface area (Å²) in [6.45, 7) is 17.9. The van der Waals surface area contributed by atoms with Gasteiger partial charge < -0.3 is 13.7 Å². The Balaban J connectivity index is 2.29. The number of nitrogens with zero attached hydrogens (tertiary/aromatic N) is 2. The Morgan fingerprint density at radius 1 is 1.09 bits per heavy atom. The summed E-state index contributed by atoms with van der Waals surface area (Å²) in [4.78, 5) is 12.7. The van der Waals surface area contributed by atoms with Crippen LogP contribution < -0.4 is 10.2 Å². The molecule has 2 aromatic rings. The number of pyridine rings is 1. The zero-order valence-corrected chi connectivity index (χ0v) is 23.0. The van der Waals surface area contributed by atoms with Gasteiger partial charge in [0.1, 0.15) is 17.6 Å². The molecule has 2 rings (SSSR count). The topological polar surface area (TPSA) is 69.9 Å². The van der Waals surface area contributed by atoms with Crippen molar-refractivity contribution in [1.82, 2.24) is 4.57 Å². The zero-order chi connectivity index (χ0) is 24.9. The normalized spacial score (nSPS) is 13.9. The number of hydrogen-bond donors (Lipinski definition) is 0. The summed E-state index contributed by atoms with van der Waals surface area (Å²) >= 11 is 0. The Morgan fingerprint density at radius 2 is 1.73 bits per heavy atom. The van der Waals surface area contributed by atoms with Gasteiger partial charge in [-0.1, -0.05) is 51.1 Å². The largest absolute Gasteiger partial charge is 0.483 e. The van der Waals surface area contributed by atoms with E-state index in [-0.39, 0.29) is 16.2 Å². The summed E-state index contributed by atoms with van der Waals surface area (Å²) in [6.07, 6.45) is 3.21. The summed E-state index contributed by atoms with van der Waals surface area (Å²) < 4.78 is 30.2. The van der Waals surface area contributed by atoms with Crippen LogP contribution in [0.15, 0.2) is 51.8 Å². The highest BCUT2D eigenvalue weighted by Gasteiger charge is 2.36. The first kappa shape index (κ1) is 27.2. The van der Waals surface area contributed by atoms with Crippen LogP contribution in [0.3, 0.4) is 0 Å². The molecular weight excluding hydrogens is 452 g/mol. The third-order valence-electron chi connectivity index (χ3n) is 5.77. The van der Waals surface area contributed by atoms with Crippen LogP contribution in [0.25, 0.3) is 0 Å². The molecule has 0 bridgehead atoms. The monoisotopic (exact) mass is 490 g/mol. The van der Waals surface area contributed by atoms with Gasteiger partial charge in [0.2, 0.25) is 5.43 Å². The Labute approximate surface area is 201 Å². The average molecular weight is 491 g/mol. The van der Waals surface area contributed by atoms with Gasteiger partial charge in [0.25, 0.3) is 0 Å². The van der Waals surface area contributed by atoms with Gasteiger partial charge >= 0.3 is 0 Å². The molecule has 0 aliphatic rings. The standard InChI is InChI=1S/C25H38N2O4SSi/c1-24(2,3)32(29)26-17-21-16-22(28)23(30-19-20-12-10-9-11-13-20)18-27(21)14-15-31-33(7,8)25(4,5)6/h9-13,16-18H,14-15,19H2,1-8H3/b26-17+. The lowest BCUT2D eigenvalue weighted by atomic mass is 10.2. The quantitative estimate of drug-likeness (QED) is 0.352. The van der Waals surface area contributed by atoms with E-state index in [1.807, 2.05) is 55.7 Å². The van der Waals surface area contributed by atoms with Gasteiger partial charge in [0.15, 0.2) is 14.1 Å². The summed E-state index contributed by atoms with van der Waals surface area (Å²) in [5.41, 5.74) is 1.31. The van der Waals surface area contributed by atoms with Gasteiger partial charge in [-0.15, -0.1) is 0 Å². The van der Waals surface area contributed by atoms with Crippen LogP contribution in [0.5, 0.6) is 5.75 Å². The van der Waals surface area contributed by atoms with Crippen molar-refractivity contribution in [2.75, 3.05) is 6.61 Å². The van der Waals surface area contributed by atoms with Gasteiger partial charge in [0, 0.05) is 12.6 Å². The summed E-state index contributed by atoms with van der Waals surface area (Å²) in [6, 6.07) is 11.2. The van der Waals surface area contributed by atoms with Crippen LogP contribution in [0.1, 0.15) is 52.8 Å². The first-order valence-electron chi connectivity index (χ1n) is 11.2. The molecule has 0 radical (unpaired) electrons. The summed E-state index contributed by atoms with van der Waals surface area (Å²) in [5.74, 6) is 0.264. The van der Waals surface area contributed by atoms with E-state index in [1.54, 1.807) is 6.20 Å². The molecule has 6 nitrogen and oxygen atoms in total. The second-order valence-corrected chi connectivity index (χ2v) is 17.3. The molecule has 182 valence electrons. The van der Waals surface area contributed by atoms with Crippen molar-refractivity contribution in [3.8, 4) is 5.75 Å². The van der Waals surface area contributed by atoms with E-state index in [1.165, 1.54) is 12.3 Å². The lowest BCUT2D eigenvalue weighted by Gasteiger charge is -2.36. The predicted octanol–water partition coefficient (Wildman–Crippen LogP) is 5.33. The van der Waals surface area contributed by atoms with Crippen LogP contribution in [-0.4, -0.2) is 34.7 Å². The van der Waals surface area contributed by atoms with E-state index in [0.717, 1.165) is 5.56 Å². The lowest BCUT2D eigenvalue weighted by molar-refractivity contribution is 0.267. The maximum Gasteiger partial charge on any atom is 0.224 e. The maximum absolute atomic E-state index is 12.7. The first-order chi connectivity index (χ1) is 15.2. The van der Waals surface area contributed by atoms with E-state index >= 15 is 0 Å². The Hall–Kier alpha value is -2.03. The molecule has 1 heterocycles. The molecule has 0 amide bonds. The highest BCUT2D eigenvalue weighted by Crippen LogP contribution is 2.36. The van der Waals surface area contributed by atoms with Crippen molar-refractivity contribution in [3.63, 3.8) is 0 Å². The number of rotatable bonds is 9. The fourth-order valence-electron chi connectivity index (χ4n) is 2.59. The highest BCUT2D eigenvalue weighted by atomic mass is 32.2. The molecule has 0 fully saturated rings. The lowest BCUT2D eigenvalue weighted by Crippen LogP contribution is -2.41. The summed E-state index contributed by atoms with van der Waals surface area (Å²) in [5, 5.41) is 0.106. The van der Waals surface area contributed by atoms with Crippen LogP contribution in [0.4, 0.5) is 0 Å². The molecule has 0 aliphatic carbocycles. The Bertz CT molecular complexity index is 1040. The molecule has 0 saturated carbocycles. The maximum atomic E-state index is 12.7. The molecule has 1 unspecified atom stereocenters. The summed E-state index contributed by atoms with van der Waals surface area (Å²) in [7, 11) is -3.33. The van der Waals surface area contributed by atoms with Gasteiger partial charge in [-0.05, 0) is 44.5 Å². The molecule has 1 atom stereocenters. The fraction of sp³-hybridized carbons (Fsp3) is 0.520. The van der Waals surface area contributed by atoms with Crippen molar-refractivity contribution in [3.05, 3.63) is 64.1 Å². The minimum Gasteiger partial charge on any atom is -0.483 e. The average Bonchev–Trinajstić information content (AvgIpc) is 2.71. The van der Waals surface area contributed by atoms with Crippen LogP contribution in [0.2, 0.25) is 18.1 Å². The highest BCUT2D eigenvalue weighted by molar-refractivity contribution is 7.85. The molecule has 0 aliphatic heterocycles. The molecule has 1 aromatic carbocycles. The molecule has 33 heavy (non-hydrogen) atoms. The second kappa shape index (κ2) is 10.9. The number of benzene rings is 1. The Morgan fingerprint density at radius 3 is 2.30 bits per heavy atom. The minimum atomic E-state index is -1.91. The smallest absolute Gasteiger partial charge is 0.224 e. The van der Waals surface area contributed by atoms with E-state index in [9.17, 15) is 9.00 Å². The molecule has 8 heteroatoms. The van der Waals surface area contributed by atoms with Crippen molar-refractivity contribution >= 4 is 25.5 Å². The van der Waals surface area contributed by atoms with Crippen LogP contribution >= 0.6 is 0 Å². The number of hydrogen-bond acceptors (Lipinski definition) is 4. The van der Waals surface area contributed by atoms with Crippen LogP contribution in [-0.2, 0) is 28.6 Å². The Kier molecular flexibility index (Phi) is 9.01. The van der Waals surface area contributed by atoms with E-state index < -0.39 is 24.1 Å². The van der Waals surface area contributed by atoms with Crippen molar-refractivity contribution in [1.29, 1.82) is 0 Å². The van der Waals surface area contributed by atoms with Crippen LogP contribution in [0, 0.1) is 0 Å². The SMILES string of the molecule is CC(C)(C)S(=O)/N=C/c1cc(=O)c(OCc2ccccc2)cn1CCO[Si](C)(C)C(C)(C)C. The fourth-order valence-corrected chi connectivity index (χ4v) is 4.15. The number of aromatic nitrogens is 1. The van der Waals surface area contributed by atoms with E-state index in [4.69, 9.17) is 9.16 Å². The third kappa shape index (κ3) is 8.05. The third-order valence-corrected chi connectivity index (χ3v) is 11.7. The van der Waals surface area contributed by atoms with E-state index in [0.29, 0.717) is 25.5 Å². The van der Waals surface area contributed by atoms with Gasteiger partial charge in [-0.3, -0.25) is 4.79 Å². The molecule has 1 aromatic heterocycles. The molecule has 0 spiro atoms. The minimum absolute atomic E-state index is 0.106.